The lowest BCUT2D eigenvalue weighted by molar-refractivity contribution is -0.123. The van der Waals surface area contributed by atoms with Crippen molar-refractivity contribution in [2.75, 3.05) is 19.8 Å². The molecule has 0 aromatic heterocycles. The zero-order valence-corrected chi connectivity index (χ0v) is 6.43. The molecule has 0 unspecified atom stereocenters. The van der Waals surface area contributed by atoms with Crippen LogP contribution in [-0.4, -0.2) is 25.5 Å². The first-order valence-corrected chi connectivity index (χ1v) is 3.60. The molecule has 0 radical (unpaired) electrons. The molecule has 0 aliphatic heterocycles. The molecule has 0 amide bonds. The first-order chi connectivity index (χ1) is 4.81. The van der Waals surface area contributed by atoms with E-state index in [1.165, 1.54) is 0 Å². The van der Waals surface area contributed by atoms with Crippen LogP contribution in [0, 0.1) is 0 Å². The van der Waals surface area contributed by atoms with Gasteiger partial charge in [-0.2, -0.15) is 0 Å². The van der Waals surface area contributed by atoms with Crippen molar-refractivity contribution in [3.8, 4) is 0 Å². The van der Waals surface area contributed by atoms with Gasteiger partial charge < -0.3 is 10.5 Å². The van der Waals surface area contributed by atoms with Crippen molar-refractivity contribution in [1.29, 1.82) is 0 Å². The summed E-state index contributed by atoms with van der Waals surface area (Å²) in [4.78, 5) is 10.8. The largest absolute Gasteiger partial charge is 0.374 e. The van der Waals surface area contributed by atoms with Crippen molar-refractivity contribution in [1.82, 2.24) is 0 Å². The molecule has 0 saturated carbocycles. The maximum atomic E-state index is 10.8. The van der Waals surface area contributed by atoms with Gasteiger partial charge in [0.1, 0.15) is 6.61 Å². The van der Waals surface area contributed by atoms with E-state index >= 15 is 0 Å². The van der Waals surface area contributed by atoms with Gasteiger partial charge in [-0.15, -0.1) is 0 Å². The summed E-state index contributed by atoms with van der Waals surface area (Å²) in [5.41, 5.74) is 5.21. The first kappa shape index (κ1) is 9.59. The molecule has 0 aromatic rings. The van der Waals surface area contributed by atoms with E-state index in [0.29, 0.717) is 19.6 Å². The minimum absolute atomic E-state index is 0.146. The Kier molecular flexibility index (Phi) is 6.43. The Bertz CT molecular complexity index is 83.6. The summed E-state index contributed by atoms with van der Waals surface area (Å²) in [5, 5.41) is 0. The van der Waals surface area contributed by atoms with E-state index in [0.717, 1.165) is 6.42 Å². The Morgan fingerprint density at radius 3 is 2.80 bits per heavy atom. The highest BCUT2D eigenvalue weighted by Crippen LogP contribution is 1.88. The van der Waals surface area contributed by atoms with Crippen LogP contribution in [0.5, 0.6) is 0 Å². The van der Waals surface area contributed by atoms with E-state index in [4.69, 9.17) is 10.5 Å². The van der Waals surface area contributed by atoms with Crippen molar-refractivity contribution in [3.63, 3.8) is 0 Å². The smallest absolute Gasteiger partial charge is 0.158 e. The van der Waals surface area contributed by atoms with Crippen LogP contribution in [0.2, 0.25) is 0 Å². The lowest BCUT2D eigenvalue weighted by Gasteiger charge is -1.98. The Morgan fingerprint density at radius 2 is 2.30 bits per heavy atom. The number of rotatable bonds is 6. The highest BCUT2D eigenvalue weighted by molar-refractivity contribution is 5.79. The third-order valence-corrected chi connectivity index (χ3v) is 1.13. The minimum Gasteiger partial charge on any atom is -0.374 e. The van der Waals surface area contributed by atoms with Gasteiger partial charge in [-0.05, 0) is 19.9 Å². The normalized spacial score (nSPS) is 9.80. The van der Waals surface area contributed by atoms with Gasteiger partial charge in [0.2, 0.25) is 0 Å². The molecule has 0 aromatic carbocycles. The second-order valence-electron chi connectivity index (χ2n) is 2.07. The topological polar surface area (TPSA) is 52.3 Å². The van der Waals surface area contributed by atoms with Crippen molar-refractivity contribution in [3.05, 3.63) is 0 Å². The maximum absolute atomic E-state index is 10.8. The van der Waals surface area contributed by atoms with Crippen LogP contribution in [0.25, 0.3) is 0 Å². The molecule has 0 spiro atoms. The van der Waals surface area contributed by atoms with E-state index in [-0.39, 0.29) is 12.4 Å². The quantitative estimate of drug-likeness (QED) is 0.586. The predicted octanol–water partition coefficient (Wildman–Crippen LogP) is 0.331. The number of Topliss-reactive ketones (excluding diaryl/α,β-unsaturated/α-hetero) is 1. The van der Waals surface area contributed by atoms with Crippen LogP contribution in [0.15, 0.2) is 0 Å². The van der Waals surface area contributed by atoms with Crippen LogP contribution in [0.3, 0.4) is 0 Å². The van der Waals surface area contributed by atoms with Gasteiger partial charge in [0.05, 0.1) is 0 Å². The van der Waals surface area contributed by atoms with E-state index in [1.807, 2.05) is 6.92 Å². The number of ketones is 1. The summed E-state index contributed by atoms with van der Waals surface area (Å²) in [7, 11) is 0. The molecule has 0 atom stereocenters. The fourth-order valence-corrected chi connectivity index (χ4v) is 0.587. The van der Waals surface area contributed by atoms with Gasteiger partial charge >= 0.3 is 0 Å². The third kappa shape index (κ3) is 5.72. The van der Waals surface area contributed by atoms with Crippen LogP contribution in [0.4, 0.5) is 0 Å². The van der Waals surface area contributed by atoms with Crippen molar-refractivity contribution in [2.24, 2.45) is 5.73 Å². The Balaban J connectivity index is 3.09. The molecule has 0 rings (SSSR count). The Labute approximate surface area is 61.5 Å². The van der Waals surface area contributed by atoms with Crippen molar-refractivity contribution < 1.29 is 9.53 Å². The summed E-state index contributed by atoms with van der Waals surface area (Å²) in [5.74, 6) is 0.146. The van der Waals surface area contributed by atoms with Crippen LogP contribution < -0.4 is 5.73 Å². The highest BCUT2D eigenvalue weighted by atomic mass is 16.5. The molecular weight excluding hydrogens is 130 g/mol. The second-order valence-corrected chi connectivity index (χ2v) is 2.07. The summed E-state index contributed by atoms with van der Waals surface area (Å²) in [6.45, 7) is 3.30. The zero-order valence-electron chi connectivity index (χ0n) is 6.43. The van der Waals surface area contributed by atoms with Gasteiger partial charge in [0, 0.05) is 13.0 Å². The molecule has 2 N–H and O–H groups in total. The van der Waals surface area contributed by atoms with E-state index in [2.05, 4.69) is 0 Å². The fraction of sp³-hybridized carbons (Fsp3) is 0.857. The number of carbonyl (C=O) groups excluding carboxylic acids is 1. The molecule has 0 bridgehead atoms. The van der Waals surface area contributed by atoms with Crippen molar-refractivity contribution >= 4 is 5.78 Å². The average molecular weight is 145 g/mol. The molecule has 0 saturated heterocycles. The highest BCUT2D eigenvalue weighted by Gasteiger charge is 1.98. The van der Waals surface area contributed by atoms with Crippen LogP contribution in [-0.2, 0) is 9.53 Å². The summed E-state index contributed by atoms with van der Waals surface area (Å²) < 4.78 is 4.90. The fourth-order valence-electron chi connectivity index (χ4n) is 0.587. The van der Waals surface area contributed by atoms with Gasteiger partial charge in [-0.25, -0.2) is 0 Å². The van der Waals surface area contributed by atoms with E-state index in [9.17, 15) is 4.79 Å². The van der Waals surface area contributed by atoms with Gasteiger partial charge in [0.25, 0.3) is 0 Å². The first-order valence-electron chi connectivity index (χ1n) is 3.60. The summed E-state index contributed by atoms with van der Waals surface area (Å²) >= 11 is 0. The molecule has 60 valence electrons. The zero-order chi connectivity index (χ0) is 7.82. The Hall–Kier alpha value is -0.410. The monoisotopic (exact) mass is 145 g/mol. The average Bonchev–Trinajstić information content (AvgIpc) is 1.97. The van der Waals surface area contributed by atoms with Crippen LogP contribution in [0.1, 0.15) is 19.8 Å². The number of hydrogen-bond donors (Lipinski definition) is 1. The summed E-state index contributed by atoms with van der Waals surface area (Å²) in [6.07, 6.45) is 1.32. The van der Waals surface area contributed by atoms with Crippen LogP contribution >= 0.6 is 0 Å². The van der Waals surface area contributed by atoms with Gasteiger partial charge in [-0.1, -0.05) is 0 Å². The standard InChI is InChI=1S/C7H15NO2/c1-2-10-6-7(9)4-3-5-8/h2-6,8H2,1H3. The Morgan fingerprint density at radius 1 is 1.60 bits per heavy atom. The number of ether oxygens (including phenoxy) is 1. The molecule has 0 heterocycles. The lowest BCUT2D eigenvalue weighted by Crippen LogP contribution is -2.10. The third-order valence-electron chi connectivity index (χ3n) is 1.13. The molecule has 3 nitrogen and oxygen atoms in total. The molecule has 0 fully saturated rings. The number of nitrogens with two attached hydrogens (primary N) is 1. The molecular formula is C7H15NO2. The molecule has 10 heavy (non-hydrogen) atoms. The molecule has 0 aliphatic rings. The number of carbonyl (C=O) groups is 1. The predicted molar refractivity (Wildman–Crippen MR) is 39.8 cm³/mol. The SMILES string of the molecule is CCOCC(=O)CCCN. The molecule has 0 aliphatic carbocycles. The van der Waals surface area contributed by atoms with Crippen molar-refractivity contribution in [2.45, 2.75) is 19.8 Å². The van der Waals surface area contributed by atoms with E-state index in [1.54, 1.807) is 0 Å². The second kappa shape index (κ2) is 6.71. The lowest BCUT2D eigenvalue weighted by atomic mass is 10.2. The van der Waals surface area contributed by atoms with Gasteiger partial charge in [-0.3, -0.25) is 4.79 Å². The van der Waals surface area contributed by atoms with Gasteiger partial charge in [0.15, 0.2) is 5.78 Å². The minimum atomic E-state index is 0.146. The van der Waals surface area contributed by atoms with E-state index < -0.39 is 0 Å². The number of hydrogen-bond acceptors (Lipinski definition) is 3. The summed E-state index contributed by atoms with van der Waals surface area (Å²) in [6, 6.07) is 0. The maximum Gasteiger partial charge on any atom is 0.158 e. The molecule has 3 heteroatoms.